The molecular formula is C15H22N2O3. The zero-order valence-electron chi connectivity index (χ0n) is 11.9. The first-order valence-corrected chi connectivity index (χ1v) is 6.86. The average molecular weight is 278 g/mol. The van der Waals surface area contributed by atoms with E-state index in [1.807, 2.05) is 44.2 Å². The van der Waals surface area contributed by atoms with Gasteiger partial charge in [-0.05, 0) is 31.7 Å². The van der Waals surface area contributed by atoms with Gasteiger partial charge in [0.15, 0.2) is 0 Å². The molecule has 20 heavy (non-hydrogen) atoms. The number of aryl methyl sites for hydroxylation is 1. The Morgan fingerprint density at radius 1 is 1.20 bits per heavy atom. The number of amides is 2. The molecule has 0 saturated heterocycles. The van der Waals surface area contributed by atoms with E-state index in [0.717, 1.165) is 12.0 Å². The summed E-state index contributed by atoms with van der Waals surface area (Å²) in [4.78, 5) is 22.8. The fourth-order valence-electron chi connectivity index (χ4n) is 1.74. The molecule has 2 unspecified atom stereocenters. The summed E-state index contributed by atoms with van der Waals surface area (Å²) in [5.74, 6) is -1.01. The highest BCUT2D eigenvalue weighted by Gasteiger charge is 2.20. The molecule has 0 aromatic heterocycles. The molecule has 1 aromatic carbocycles. The van der Waals surface area contributed by atoms with E-state index in [2.05, 4.69) is 10.6 Å². The predicted molar refractivity (Wildman–Crippen MR) is 77.6 cm³/mol. The van der Waals surface area contributed by atoms with Gasteiger partial charge in [0.25, 0.3) is 0 Å². The molecule has 5 nitrogen and oxygen atoms in total. The number of carboxylic acids is 1. The second-order valence-corrected chi connectivity index (χ2v) is 4.84. The van der Waals surface area contributed by atoms with Crippen LogP contribution >= 0.6 is 0 Å². The van der Waals surface area contributed by atoms with E-state index in [0.29, 0.717) is 12.8 Å². The zero-order valence-corrected chi connectivity index (χ0v) is 11.9. The lowest BCUT2D eigenvalue weighted by atomic mass is 10.1. The predicted octanol–water partition coefficient (Wildman–Crippen LogP) is 2.17. The Labute approximate surface area is 119 Å². The van der Waals surface area contributed by atoms with E-state index in [9.17, 15) is 9.59 Å². The quantitative estimate of drug-likeness (QED) is 0.715. The number of carbonyl (C=O) groups excluding carboxylic acids is 1. The minimum atomic E-state index is -1.01. The minimum absolute atomic E-state index is 0.0265. The van der Waals surface area contributed by atoms with Crippen LogP contribution in [0.4, 0.5) is 4.79 Å². The highest BCUT2D eigenvalue weighted by Crippen LogP contribution is 2.05. The first kappa shape index (κ1) is 16.0. The van der Waals surface area contributed by atoms with Gasteiger partial charge in [0, 0.05) is 6.04 Å². The fraction of sp³-hybridized carbons (Fsp3) is 0.467. The molecule has 0 saturated carbocycles. The number of rotatable bonds is 7. The molecule has 0 bridgehead atoms. The van der Waals surface area contributed by atoms with Crippen LogP contribution in [0.2, 0.25) is 0 Å². The summed E-state index contributed by atoms with van der Waals surface area (Å²) in [5, 5.41) is 14.4. The van der Waals surface area contributed by atoms with Crippen molar-refractivity contribution >= 4 is 12.0 Å². The molecule has 0 aliphatic rings. The summed E-state index contributed by atoms with van der Waals surface area (Å²) < 4.78 is 0. The lowest BCUT2D eigenvalue weighted by molar-refractivity contribution is -0.139. The third-order valence-corrected chi connectivity index (χ3v) is 3.16. The number of nitrogens with one attached hydrogen (secondary N) is 2. The average Bonchev–Trinajstić information content (AvgIpc) is 2.44. The monoisotopic (exact) mass is 278 g/mol. The molecule has 0 aliphatic heterocycles. The van der Waals surface area contributed by atoms with Gasteiger partial charge in [-0.3, -0.25) is 0 Å². The van der Waals surface area contributed by atoms with E-state index in [-0.39, 0.29) is 6.04 Å². The first-order chi connectivity index (χ1) is 9.52. The van der Waals surface area contributed by atoms with Crippen LogP contribution in [-0.2, 0) is 11.2 Å². The lowest BCUT2D eigenvalue weighted by Gasteiger charge is -2.17. The maximum atomic E-state index is 11.7. The summed E-state index contributed by atoms with van der Waals surface area (Å²) in [6, 6.07) is 8.34. The molecule has 0 fully saturated rings. The van der Waals surface area contributed by atoms with Crippen molar-refractivity contribution in [3.8, 4) is 0 Å². The van der Waals surface area contributed by atoms with E-state index in [4.69, 9.17) is 5.11 Å². The Bertz CT molecular complexity index is 434. The summed E-state index contributed by atoms with van der Waals surface area (Å²) in [6.45, 7) is 3.83. The maximum absolute atomic E-state index is 11.7. The number of urea groups is 1. The van der Waals surface area contributed by atoms with Crippen LogP contribution < -0.4 is 10.6 Å². The van der Waals surface area contributed by atoms with Crippen LogP contribution in [0.1, 0.15) is 32.3 Å². The molecule has 1 aromatic rings. The first-order valence-electron chi connectivity index (χ1n) is 6.86. The highest BCUT2D eigenvalue weighted by atomic mass is 16.4. The summed E-state index contributed by atoms with van der Waals surface area (Å²) in [7, 11) is 0. The van der Waals surface area contributed by atoms with E-state index in [1.165, 1.54) is 0 Å². The molecule has 0 aliphatic carbocycles. The van der Waals surface area contributed by atoms with Gasteiger partial charge in [0.2, 0.25) is 0 Å². The third kappa shape index (κ3) is 5.73. The van der Waals surface area contributed by atoms with E-state index >= 15 is 0 Å². The number of hydrogen-bond donors (Lipinski definition) is 3. The number of benzene rings is 1. The van der Waals surface area contributed by atoms with Crippen LogP contribution in [-0.4, -0.2) is 29.2 Å². The molecule has 5 heteroatoms. The Kier molecular flexibility index (Phi) is 6.56. The highest BCUT2D eigenvalue weighted by molar-refractivity contribution is 5.82. The standard InChI is InChI=1S/C15H22N2O3/c1-3-11(2)16-15(20)17-13(14(18)19)10-9-12-7-5-4-6-8-12/h4-8,11,13H,3,9-10H2,1-2H3,(H,18,19)(H2,16,17,20). The minimum Gasteiger partial charge on any atom is -0.480 e. The van der Waals surface area contributed by atoms with Gasteiger partial charge in [0.1, 0.15) is 6.04 Å². The molecule has 0 radical (unpaired) electrons. The molecule has 0 heterocycles. The van der Waals surface area contributed by atoms with Gasteiger partial charge >= 0.3 is 12.0 Å². The number of carboxylic acid groups (broad SMARTS) is 1. The number of hydrogen-bond acceptors (Lipinski definition) is 2. The third-order valence-electron chi connectivity index (χ3n) is 3.16. The Morgan fingerprint density at radius 3 is 2.40 bits per heavy atom. The summed E-state index contributed by atoms with van der Waals surface area (Å²) >= 11 is 0. The Balaban J connectivity index is 2.48. The Morgan fingerprint density at radius 2 is 1.85 bits per heavy atom. The van der Waals surface area contributed by atoms with Crippen molar-refractivity contribution < 1.29 is 14.7 Å². The maximum Gasteiger partial charge on any atom is 0.326 e. The molecule has 3 N–H and O–H groups in total. The summed E-state index contributed by atoms with van der Waals surface area (Å²) in [6.07, 6.45) is 1.78. The second kappa shape index (κ2) is 8.19. The SMILES string of the molecule is CCC(C)NC(=O)NC(CCc1ccccc1)C(=O)O. The molecule has 1 rings (SSSR count). The zero-order chi connectivity index (χ0) is 15.0. The van der Waals surface area contributed by atoms with Gasteiger partial charge in [-0.15, -0.1) is 0 Å². The van der Waals surface area contributed by atoms with Crippen LogP contribution in [0, 0.1) is 0 Å². The molecular weight excluding hydrogens is 256 g/mol. The van der Waals surface area contributed by atoms with Crippen LogP contribution in [0.3, 0.4) is 0 Å². The largest absolute Gasteiger partial charge is 0.480 e. The van der Waals surface area contributed by atoms with Crippen LogP contribution in [0.15, 0.2) is 30.3 Å². The van der Waals surface area contributed by atoms with Crippen molar-refractivity contribution in [3.63, 3.8) is 0 Å². The number of aliphatic carboxylic acids is 1. The second-order valence-electron chi connectivity index (χ2n) is 4.84. The van der Waals surface area contributed by atoms with Gasteiger partial charge in [-0.2, -0.15) is 0 Å². The summed E-state index contributed by atoms with van der Waals surface area (Å²) in [5.41, 5.74) is 1.06. The fourth-order valence-corrected chi connectivity index (χ4v) is 1.74. The van der Waals surface area contributed by atoms with Crippen molar-refractivity contribution in [2.45, 2.75) is 45.2 Å². The van der Waals surface area contributed by atoms with Crippen molar-refractivity contribution in [1.29, 1.82) is 0 Å². The molecule has 0 spiro atoms. The topological polar surface area (TPSA) is 78.4 Å². The van der Waals surface area contributed by atoms with Crippen LogP contribution in [0.5, 0.6) is 0 Å². The van der Waals surface area contributed by atoms with Gasteiger partial charge < -0.3 is 15.7 Å². The van der Waals surface area contributed by atoms with Gasteiger partial charge in [-0.25, -0.2) is 9.59 Å². The van der Waals surface area contributed by atoms with Crippen molar-refractivity contribution in [2.75, 3.05) is 0 Å². The van der Waals surface area contributed by atoms with Crippen LogP contribution in [0.25, 0.3) is 0 Å². The van der Waals surface area contributed by atoms with Gasteiger partial charge in [-0.1, -0.05) is 37.3 Å². The lowest BCUT2D eigenvalue weighted by Crippen LogP contribution is -2.48. The molecule has 2 amide bonds. The van der Waals surface area contributed by atoms with Crippen molar-refractivity contribution in [3.05, 3.63) is 35.9 Å². The van der Waals surface area contributed by atoms with Crippen molar-refractivity contribution in [1.82, 2.24) is 10.6 Å². The Hall–Kier alpha value is -2.04. The number of carbonyl (C=O) groups is 2. The van der Waals surface area contributed by atoms with E-state index < -0.39 is 18.0 Å². The van der Waals surface area contributed by atoms with Gasteiger partial charge in [0.05, 0.1) is 0 Å². The normalized spacial score (nSPS) is 13.3. The van der Waals surface area contributed by atoms with E-state index in [1.54, 1.807) is 0 Å². The molecule has 2 atom stereocenters. The van der Waals surface area contributed by atoms with Crippen molar-refractivity contribution in [2.24, 2.45) is 0 Å². The smallest absolute Gasteiger partial charge is 0.326 e. The molecule has 110 valence electrons.